The number of carbonyl (C=O) groups excluding carboxylic acids is 1. The quantitative estimate of drug-likeness (QED) is 0.473. The highest BCUT2D eigenvalue weighted by Crippen LogP contribution is 2.27. The molecule has 1 saturated heterocycles. The van der Waals surface area contributed by atoms with Crippen LogP contribution in [0, 0.1) is 11.3 Å². The Labute approximate surface area is 203 Å². The lowest BCUT2D eigenvalue weighted by Crippen LogP contribution is -2.40. The Kier molecular flexibility index (Phi) is 7.29. The molecule has 0 bridgehead atoms. The van der Waals surface area contributed by atoms with Gasteiger partial charge in [-0.2, -0.15) is 9.57 Å². The number of carbonyl (C=O) groups is 1. The second-order valence-corrected chi connectivity index (χ2v) is 9.91. The summed E-state index contributed by atoms with van der Waals surface area (Å²) in [4.78, 5) is 12.5. The molecule has 0 N–H and O–H groups in total. The third-order valence-corrected chi connectivity index (χ3v) is 7.82. The van der Waals surface area contributed by atoms with Crippen LogP contribution in [0.5, 0.6) is 0 Å². The highest BCUT2D eigenvalue weighted by atomic mass is 35.5. The van der Waals surface area contributed by atoms with Gasteiger partial charge in [-0.15, -0.1) is 0 Å². The molecule has 0 radical (unpaired) electrons. The van der Waals surface area contributed by atoms with Gasteiger partial charge in [0.05, 0.1) is 35.4 Å². The second-order valence-electron chi connectivity index (χ2n) is 7.59. The number of halogens is 1. The minimum absolute atomic E-state index is 0.00713. The van der Waals surface area contributed by atoms with Gasteiger partial charge in [-0.1, -0.05) is 54.1 Å². The summed E-state index contributed by atoms with van der Waals surface area (Å²) < 4.78 is 37.8. The number of ether oxygens (including phenoxy) is 2. The van der Waals surface area contributed by atoms with Crippen molar-refractivity contribution < 1.29 is 22.7 Å². The number of hydrogen-bond acceptors (Lipinski definition) is 6. The molecule has 3 aromatic rings. The van der Waals surface area contributed by atoms with Crippen molar-refractivity contribution in [1.82, 2.24) is 4.31 Å². The molecule has 0 atom stereocenters. The first-order chi connectivity index (χ1) is 16.4. The van der Waals surface area contributed by atoms with E-state index in [0.717, 1.165) is 16.7 Å². The first-order valence-corrected chi connectivity index (χ1v) is 12.3. The molecule has 0 amide bonds. The Morgan fingerprint density at radius 2 is 1.76 bits per heavy atom. The van der Waals surface area contributed by atoms with Crippen molar-refractivity contribution in [3.63, 3.8) is 0 Å². The number of nitrogens with zero attached hydrogens (tertiary/aromatic N) is 2. The molecular formula is C25H21ClN2O5S. The number of esters is 1. The Morgan fingerprint density at radius 3 is 2.47 bits per heavy atom. The van der Waals surface area contributed by atoms with Gasteiger partial charge in [0.1, 0.15) is 11.5 Å². The van der Waals surface area contributed by atoms with E-state index < -0.39 is 16.0 Å². The van der Waals surface area contributed by atoms with Gasteiger partial charge in [-0.05, 0) is 41.0 Å². The molecule has 1 fully saturated rings. The van der Waals surface area contributed by atoms with Crippen LogP contribution < -0.4 is 0 Å². The van der Waals surface area contributed by atoms with Crippen LogP contribution in [-0.2, 0) is 26.1 Å². The van der Waals surface area contributed by atoms with Crippen LogP contribution >= 0.6 is 11.6 Å². The third-order valence-electron chi connectivity index (χ3n) is 5.44. The predicted molar refractivity (Wildman–Crippen MR) is 127 cm³/mol. The van der Waals surface area contributed by atoms with Gasteiger partial charge in [-0.3, -0.25) is 0 Å². The van der Waals surface area contributed by atoms with E-state index >= 15 is 0 Å². The zero-order valence-electron chi connectivity index (χ0n) is 18.1. The Balaban J connectivity index is 1.46. The first kappa shape index (κ1) is 23.9. The molecule has 0 aromatic heterocycles. The van der Waals surface area contributed by atoms with Gasteiger partial charge in [0.15, 0.2) is 0 Å². The van der Waals surface area contributed by atoms with E-state index in [1.54, 1.807) is 6.07 Å². The van der Waals surface area contributed by atoms with Crippen molar-refractivity contribution >= 4 is 27.6 Å². The van der Waals surface area contributed by atoms with Crippen LogP contribution in [-0.4, -0.2) is 45.0 Å². The molecule has 1 heterocycles. The highest BCUT2D eigenvalue weighted by molar-refractivity contribution is 7.89. The van der Waals surface area contributed by atoms with Crippen LogP contribution in [0.25, 0.3) is 11.1 Å². The lowest BCUT2D eigenvalue weighted by atomic mass is 9.99. The lowest BCUT2D eigenvalue weighted by molar-refractivity contribution is 0.0472. The molecule has 4 rings (SSSR count). The van der Waals surface area contributed by atoms with Crippen molar-refractivity contribution in [2.45, 2.75) is 11.5 Å². The van der Waals surface area contributed by atoms with E-state index in [4.69, 9.17) is 21.1 Å². The molecule has 0 unspecified atom stereocenters. The predicted octanol–water partition coefficient (Wildman–Crippen LogP) is 4.26. The van der Waals surface area contributed by atoms with E-state index in [0.29, 0.717) is 18.8 Å². The number of morpholine rings is 1. The molecule has 0 aliphatic carbocycles. The van der Waals surface area contributed by atoms with Gasteiger partial charge in [0.25, 0.3) is 0 Å². The Morgan fingerprint density at radius 1 is 1.06 bits per heavy atom. The smallest absolute Gasteiger partial charge is 0.338 e. The van der Waals surface area contributed by atoms with Crippen molar-refractivity contribution in [3.8, 4) is 17.2 Å². The second kappa shape index (κ2) is 10.4. The molecule has 0 spiro atoms. The molecule has 1 aliphatic rings. The lowest BCUT2D eigenvalue weighted by Gasteiger charge is -2.26. The van der Waals surface area contributed by atoms with Gasteiger partial charge >= 0.3 is 5.97 Å². The summed E-state index contributed by atoms with van der Waals surface area (Å²) in [5.41, 5.74) is 3.12. The Hall–Kier alpha value is -3.22. The monoisotopic (exact) mass is 496 g/mol. The maximum Gasteiger partial charge on any atom is 0.338 e. The summed E-state index contributed by atoms with van der Waals surface area (Å²) in [6.07, 6.45) is 0. The number of benzene rings is 3. The zero-order chi connectivity index (χ0) is 24.1. The van der Waals surface area contributed by atoms with Gasteiger partial charge in [0, 0.05) is 13.1 Å². The minimum atomic E-state index is -3.86. The zero-order valence-corrected chi connectivity index (χ0v) is 19.7. The largest absolute Gasteiger partial charge is 0.457 e. The Bertz CT molecular complexity index is 1340. The average Bonchev–Trinajstić information content (AvgIpc) is 2.88. The fourth-order valence-electron chi connectivity index (χ4n) is 3.60. The summed E-state index contributed by atoms with van der Waals surface area (Å²) in [5.74, 6) is -0.658. The van der Waals surface area contributed by atoms with Crippen LogP contribution in [0.15, 0.2) is 71.6 Å². The summed E-state index contributed by atoms with van der Waals surface area (Å²) in [5, 5.41) is 9.33. The van der Waals surface area contributed by atoms with Gasteiger partial charge < -0.3 is 9.47 Å². The van der Waals surface area contributed by atoms with Crippen molar-refractivity contribution in [3.05, 3.63) is 88.4 Å². The fraction of sp³-hybridized carbons (Fsp3) is 0.200. The van der Waals surface area contributed by atoms with E-state index in [1.165, 1.54) is 22.5 Å². The number of sulfonamides is 1. The van der Waals surface area contributed by atoms with E-state index in [9.17, 15) is 18.5 Å². The molecule has 3 aromatic carbocycles. The number of hydrogen-bond donors (Lipinski definition) is 0. The molecule has 7 nitrogen and oxygen atoms in total. The first-order valence-electron chi connectivity index (χ1n) is 10.5. The normalized spacial score (nSPS) is 14.4. The van der Waals surface area contributed by atoms with Crippen LogP contribution in [0.4, 0.5) is 0 Å². The average molecular weight is 497 g/mol. The van der Waals surface area contributed by atoms with E-state index in [2.05, 4.69) is 6.07 Å². The van der Waals surface area contributed by atoms with Crippen LogP contribution in [0.3, 0.4) is 0 Å². The number of rotatable bonds is 6. The summed E-state index contributed by atoms with van der Waals surface area (Å²) in [7, 11) is -3.86. The van der Waals surface area contributed by atoms with Crippen molar-refractivity contribution in [2.75, 3.05) is 26.3 Å². The highest BCUT2D eigenvalue weighted by Gasteiger charge is 2.29. The number of nitriles is 1. The topological polar surface area (TPSA) is 96.7 Å². The molecule has 174 valence electrons. The summed E-state index contributed by atoms with van der Waals surface area (Å²) >= 11 is 6.16. The maximum atomic E-state index is 13.0. The van der Waals surface area contributed by atoms with Crippen LogP contribution in [0.1, 0.15) is 21.5 Å². The summed E-state index contributed by atoms with van der Waals surface area (Å²) in [6, 6.07) is 20.9. The molecule has 1 aliphatic heterocycles. The van der Waals surface area contributed by atoms with Gasteiger partial charge in [0.2, 0.25) is 10.0 Å². The van der Waals surface area contributed by atoms with Crippen LogP contribution in [0.2, 0.25) is 5.02 Å². The summed E-state index contributed by atoms with van der Waals surface area (Å²) in [6.45, 7) is 1.07. The molecule has 9 heteroatoms. The van der Waals surface area contributed by atoms with Gasteiger partial charge in [-0.25, -0.2) is 13.2 Å². The third kappa shape index (κ3) is 5.13. The van der Waals surface area contributed by atoms with E-state index in [1.807, 2.05) is 42.5 Å². The maximum absolute atomic E-state index is 13.0. The molecule has 0 saturated carbocycles. The van der Waals surface area contributed by atoms with Crippen molar-refractivity contribution in [1.29, 1.82) is 5.26 Å². The minimum Gasteiger partial charge on any atom is -0.457 e. The molecule has 34 heavy (non-hydrogen) atoms. The standard InChI is InChI=1S/C25H21ClN2O5S/c26-23-10-9-20(15-24(23)34(30,31)28-11-13-32-14-12-28)25(29)33-17-18-5-7-19(8-6-18)22-4-2-1-3-21(22)16-27/h1-10,15H,11-14,17H2. The SMILES string of the molecule is N#Cc1ccccc1-c1ccc(COC(=O)c2ccc(Cl)c(S(=O)(=O)N3CCOCC3)c2)cc1. The fourth-order valence-corrected chi connectivity index (χ4v) is 5.51. The van der Waals surface area contributed by atoms with Crippen molar-refractivity contribution in [2.24, 2.45) is 0 Å². The molecular weight excluding hydrogens is 476 g/mol. The van der Waals surface area contributed by atoms with E-state index in [-0.39, 0.29) is 35.2 Å².